The first-order valence-corrected chi connectivity index (χ1v) is 7.74. The first-order valence-electron chi connectivity index (χ1n) is 5.54. The van der Waals surface area contributed by atoms with Crippen molar-refractivity contribution in [1.82, 2.24) is 0 Å². The number of benzene rings is 2. The maximum Gasteiger partial charge on any atom is 0.340 e. The van der Waals surface area contributed by atoms with E-state index in [-0.39, 0.29) is 16.3 Å². The summed E-state index contributed by atoms with van der Waals surface area (Å²) in [6, 6.07) is 9.50. The first-order chi connectivity index (χ1) is 9.81. The van der Waals surface area contributed by atoms with E-state index in [0.29, 0.717) is 4.47 Å². The highest BCUT2D eigenvalue weighted by Gasteiger charge is 2.21. The molecular weight excluding hydrogens is 364 g/mol. The summed E-state index contributed by atoms with van der Waals surface area (Å²) in [4.78, 5) is 9.98. The molecule has 0 saturated carbocycles. The number of hydrogen-bond acceptors (Lipinski definition) is 6. The predicted molar refractivity (Wildman–Crippen MR) is 79.5 cm³/mol. The minimum absolute atomic E-state index is 0.0781. The van der Waals surface area contributed by atoms with Crippen molar-refractivity contribution in [3.8, 4) is 5.75 Å². The summed E-state index contributed by atoms with van der Waals surface area (Å²) >= 11 is 3.11. The fraction of sp³-hybridized carbons (Fsp3) is 0. The van der Waals surface area contributed by atoms with Crippen LogP contribution in [0.1, 0.15) is 0 Å². The highest BCUT2D eigenvalue weighted by atomic mass is 79.9. The number of rotatable bonds is 4. The average molecular weight is 373 g/mol. The van der Waals surface area contributed by atoms with Gasteiger partial charge in [0.2, 0.25) is 0 Å². The number of nitro benzene ring substituents is 1. The van der Waals surface area contributed by atoms with Crippen LogP contribution in [-0.4, -0.2) is 13.3 Å². The standard InChI is InChI=1S/C12H9BrN2O5S/c13-9-3-1-2-4-12(9)21(18,19)20-8-5-6-10(14)11(7-8)15(16)17/h1-7H,14H2. The van der Waals surface area contributed by atoms with E-state index in [9.17, 15) is 18.5 Å². The van der Waals surface area contributed by atoms with Gasteiger partial charge in [0.05, 0.1) is 11.0 Å². The molecule has 0 saturated heterocycles. The molecule has 0 amide bonds. The summed E-state index contributed by atoms with van der Waals surface area (Å²) in [6.07, 6.45) is 0. The Morgan fingerprint density at radius 1 is 1.19 bits per heavy atom. The van der Waals surface area contributed by atoms with E-state index >= 15 is 0 Å². The summed E-state index contributed by atoms with van der Waals surface area (Å²) in [5, 5.41) is 10.8. The monoisotopic (exact) mass is 372 g/mol. The number of nitrogen functional groups attached to an aromatic ring is 1. The van der Waals surface area contributed by atoms with Crippen molar-refractivity contribution in [2.24, 2.45) is 0 Å². The second kappa shape index (κ2) is 5.70. The zero-order valence-electron chi connectivity index (χ0n) is 10.4. The highest BCUT2D eigenvalue weighted by molar-refractivity contribution is 9.10. The summed E-state index contributed by atoms with van der Waals surface area (Å²) in [7, 11) is -4.11. The molecule has 0 fully saturated rings. The smallest absolute Gasteiger partial charge is 0.340 e. The molecule has 0 radical (unpaired) electrons. The normalized spacial score (nSPS) is 11.1. The van der Waals surface area contributed by atoms with Gasteiger partial charge in [0, 0.05) is 4.47 Å². The molecule has 2 N–H and O–H groups in total. The molecule has 21 heavy (non-hydrogen) atoms. The van der Waals surface area contributed by atoms with Crippen molar-refractivity contribution in [1.29, 1.82) is 0 Å². The van der Waals surface area contributed by atoms with Gasteiger partial charge >= 0.3 is 10.1 Å². The van der Waals surface area contributed by atoms with Gasteiger partial charge in [-0.15, -0.1) is 0 Å². The Morgan fingerprint density at radius 2 is 1.86 bits per heavy atom. The minimum atomic E-state index is -4.11. The lowest BCUT2D eigenvalue weighted by atomic mass is 10.2. The number of halogens is 1. The summed E-state index contributed by atoms with van der Waals surface area (Å²) in [6.45, 7) is 0. The molecule has 0 aromatic heterocycles. The molecule has 2 rings (SSSR count). The van der Waals surface area contributed by atoms with E-state index in [2.05, 4.69) is 15.9 Å². The van der Waals surface area contributed by atoms with Crippen LogP contribution in [0, 0.1) is 10.1 Å². The number of nitro groups is 1. The predicted octanol–water partition coefficient (Wildman–Crippen LogP) is 2.71. The molecule has 0 aliphatic carbocycles. The van der Waals surface area contributed by atoms with Crippen LogP contribution in [0.3, 0.4) is 0 Å². The van der Waals surface area contributed by atoms with Gasteiger partial charge in [-0.2, -0.15) is 8.42 Å². The van der Waals surface area contributed by atoms with Gasteiger partial charge < -0.3 is 9.92 Å². The van der Waals surface area contributed by atoms with Crippen molar-refractivity contribution in [2.75, 3.05) is 5.73 Å². The fourth-order valence-electron chi connectivity index (χ4n) is 1.55. The van der Waals surface area contributed by atoms with Crippen LogP contribution in [0.4, 0.5) is 11.4 Å². The van der Waals surface area contributed by atoms with Gasteiger partial charge in [-0.05, 0) is 40.2 Å². The Bertz CT molecular complexity index is 807. The van der Waals surface area contributed by atoms with E-state index in [1.54, 1.807) is 12.1 Å². The van der Waals surface area contributed by atoms with E-state index in [0.717, 1.165) is 6.07 Å². The van der Waals surface area contributed by atoms with Gasteiger partial charge in [-0.3, -0.25) is 10.1 Å². The molecule has 0 spiro atoms. The SMILES string of the molecule is Nc1ccc(OS(=O)(=O)c2ccccc2Br)cc1[N+](=O)[O-]. The molecule has 2 aromatic carbocycles. The van der Waals surface area contributed by atoms with Crippen LogP contribution < -0.4 is 9.92 Å². The number of anilines is 1. The Hall–Kier alpha value is -2.13. The Balaban J connectivity index is 2.40. The number of nitrogens with two attached hydrogens (primary N) is 1. The topological polar surface area (TPSA) is 113 Å². The van der Waals surface area contributed by atoms with Crippen molar-refractivity contribution >= 4 is 37.4 Å². The Labute approximate surface area is 128 Å². The second-order valence-corrected chi connectivity index (χ2v) is 6.31. The van der Waals surface area contributed by atoms with Crippen molar-refractivity contribution in [3.63, 3.8) is 0 Å². The lowest BCUT2D eigenvalue weighted by Gasteiger charge is -2.08. The summed E-state index contributed by atoms with van der Waals surface area (Å²) < 4.78 is 29.5. The van der Waals surface area contributed by atoms with Crippen LogP contribution in [0.5, 0.6) is 5.75 Å². The van der Waals surface area contributed by atoms with Gasteiger partial charge in [0.15, 0.2) is 0 Å². The van der Waals surface area contributed by atoms with E-state index in [4.69, 9.17) is 9.92 Å². The number of nitrogens with zero attached hydrogens (tertiary/aromatic N) is 1. The summed E-state index contributed by atoms with van der Waals surface area (Å²) in [5.74, 6) is -0.188. The summed E-state index contributed by atoms with van der Waals surface area (Å²) in [5.41, 5.74) is 4.94. The second-order valence-electron chi connectivity index (χ2n) is 3.95. The fourth-order valence-corrected chi connectivity index (χ4v) is 3.43. The van der Waals surface area contributed by atoms with Crippen LogP contribution >= 0.6 is 15.9 Å². The maximum absolute atomic E-state index is 12.1. The molecule has 0 heterocycles. The van der Waals surface area contributed by atoms with Gasteiger partial charge in [0.25, 0.3) is 5.69 Å². The molecule has 110 valence electrons. The molecular formula is C12H9BrN2O5S. The average Bonchev–Trinajstić information content (AvgIpc) is 2.40. The quantitative estimate of drug-likeness (QED) is 0.382. The lowest BCUT2D eigenvalue weighted by Crippen LogP contribution is -2.10. The van der Waals surface area contributed by atoms with E-state index < -0.39 is 20.7 Å². The van der Waals surface area contributed by atoms with Gasteiger partial charge in [-0.25, -0.2) is 0 Å². The number of hydrogen-bond donors (Lipinski definition) is 1. The molecule has 0 atom stereocenters. The van der Waals surface area contributed by atoms with E-state index in [1.165, 1.54) is 24.3 Å². The zero-order chi connectivity index (χ0) is 15.6. The van der Waals surface area contributed by atoms with Crippen molar-refractivity contribution in [3.05, 3.63) is 57.1 Å². The van der Waals surface area contributed by atoms with Crippen LogP contribution in [0.15, 0.2) is 51.8 Å². The largest absolute Gasteiger partial charge is 0.393 e. The molecule has 0 aliphatic rings. The molecule has 9 heteroatoms. The minimum Gasteiger partial charge on any atom is -0.393 e. The Kier molecular flexibility index (Phi) is 4.14. The first kappa shape index (κ1) is 15.3. The lowest BCUT2D eigenvalue weighted by molar-refractivity contribution is -0.383. The third-order valence-electron chi connectivity index (χ3n) is 2.51. The van der Waals surface area contributed by atoms with Gasteiger partial charge in [0.1, 0.15) is 16.3 Å². The van der Waals surface area contributed by atoms with Crippen molar-refractivity contribution in [2.45, 2.75) is 4.90 Å². The third kappa shape index (κ3) is 3.31. The van der Waals surface area contributed by atoms with Crippen molar-refractivity contribution < 1.29 is 17.5 Å². The van der Waals surface area contributed by atoms with E-state index in [1.807, 2.05) is 0 Å². The highest BCUT2D eigenvalue weighted by Crippen LogP contribution is 2.30. The molecule has 0 unspecified atom stereocenters. The Morgan fingerprint density at radius 3 is 2.48 bits per heavy atom. The maximum atomic E-state index is 12.1. The molecule has 2 aromatic rings. The van der Waals surface area contributed by atoms with Gasteiger partial charge in [-0.1, -0.05) is 12.1 Å². The van der Waals surface area contributed by atoms with Crippen LogP contribution in [0.2, 0.25) is 0 Å². The third-order valence-corrected chi connectivity index (χ3v) is 4.77. The van der Waals surface area contributed by atoms with Crippen LogP contribution in [-0.2, 0) is 10.1 Å². The van der Waals surface area contributed by atoms with Crippen LogP contribution in [0.25, 0.3) is 0 Å². The zero-order valence-corrected chi connectivity index (χ0v) is 12.8. The molecule has 0 aliphatic heterocycles. The molecule has 0 bridgehead atoms. The molecule has 7 nitrogen and oxygen atoms in total.